The van der Waals surface area contributed by atoms with Gasteiger partial charge in [0, 0.05) is 35.7 Å². The molecule has 2 aliphatic rings. The highest BCUT2D eigenvalue weighted by molar-refractivity contribution is 5.92. The zero-order valence-corrected chi connectivity index (χ0v) is 14.4. The monoisotopic (exact) mass is 350 g/mol. The van der Waals surface area contributed by atoms with Crippen LogP contribution in [0, 0.1) is 17.8 Å². The van der Waals surface area contributed by atoms with Crippen LogP contribution in [0.5, 0.6) is 0 Å². The minimum atomic E-state index is 0.224. The second-order valence-corrected chi connectivity index (χ2v) is 7.48. The minimum absolute atomic E-state index is 0.224. The third-order valence-electron chi connectivity index (χ3n) is 6.13. The van der Waals surface area contributed by atoms with Crippen LogP contribution in [0.25, 0.3) is 22.2 Å². The van der Waals surface area contributed by atoms with Gasteiger partial charge in [-0.25, -0.2) is 4.98 Å². The van der Waals surface area contributed by atoms with Gasteiger partial charge in [-0.2, -0.15) is 10.1 Å². The zero-order valence-electron chi connectivity index (χ0n) is 14.4. The van der Waals surface area contributed by atoms with Crippen molar-refractivity contribution in [3.63, 3.8) is 0 Å². The largest absolute Gasteiger partial charge is 0.396 e. The Morgan fingerprint density at radius 3 is 2.88 bits per heavy atom. The number of aromatic nitrogens is 4. The van der Waals surface area contributed by atoms with Crippen molar-refractivity contribution in [2.45, 2.75) is 25.3 Å². The van der Waals surface area contributed by atoms with E-state index in [-0.39, 0.29) is 18.6 Å². The fourth-order valence-electron chi connectivity index (χ4n) is 4.90. The summed E-state index contributed by atoms with van der Waals surface area (Å²) in [6.45, 7) is 0.224. The van der Waals surface area contributed by atoms with Crippen molar-refractivity contribution in [1.82, 2.24) is 20.2 Å². The van der Waals surface area contributed by atoms with Crippen molar-refractivity contribution >= 4 is 22.7 Å². The van der Waals surface area contributed by atoms with Crippen LogP contribution in [0.2, 0.25) is 0 Å². The Labute approximate surface area is 151 Å². The van der Waals surface area contributed by atoms with Crippen molar-refractivity contribution in [3.8, 4) is 11.3 Å². The van der Waals surface area contributed by atoms with Crippen molar-refractivity contribution < 1.29 is 5.11 Å². The number of nitrogen functional groups attached to an aromatic ring is 1. The van der Waals surface area contributed by atoms with Crippen molar-refractivity contribution in [2.75, 3.05) is 17.7 Å². The van der Waals surface area contributed by atoms with E-state index < -0.39 is 0 Å². The summed E-state index contributed by atoms with van der Waals surface area (Å²) in [4.78, 5) is 8.87. The third kappa shape index (κ3) is 2.42. The van der Waals surface area contributed by atoms with Gasteiger partial charge in [-0.05, 0) is 49.3 Å². The van der Waals surface area contributed by atoms with Crippen molar-refractivity contribution in [3.05, 3.63) is 30.5 Å². The summed E-state index contributed by atoms with van der Waals surface area (Å²) in [5.74, 6) is 2.54. The maximum absolute atomic E-state index is 9.84. The molecule has 26 heavy (non-hydrogen) atoms. The summed E-state index contributed by atoms with van der Waals surface area (Å²) in [5, 5.41) is 21.4. The first-order chi connectivity index (χ1) is 12.7. The van der Waals surface area contributed by atoms with E-state index in [2.05, 4.69) is 25.5 Å². The van der Waals surface area contributed by atoms with Crippen LogP contribution in [0.15, 0.2) is 30.5 Å². The molecule has 0 radical (unpaired) electrons. The van der Waals surface area contributed by atoms with E-state index in [0.717, 1.165) is 28.0 Å². The number of hydrogen-bond donors (Lipinski definition) is 4. The van der Waals surface area contributed by atoms with Crippen LogP contribution in [0.1, 0.15) is 19.3 Å². The average Bonchev–Trinajstić information content (AvgIpc) is 3.38. The number of nitrogens with one attached hydrogen (secondary N) is 2. The lowest BCUT2D eigenvalue weighted by Gasteiger charge is -2.31. The number of rotatable bonds is 4. The lowest BCUT2D eigenvalue weighted by atomic mass is 9.85. The van der Waals surface area contributed by atoms with E-state index >= 15 is 0 Å². The van der Waals surface area contributed by atoms with Crippen LogP contribution in [-0.4, -0.2) is 37.9 Å². The van der Waals surface area contributed by atoms with Gasteiger partial charge in [0.25, 0.3) is 0 Å². The minimum Gasteiger partial charge on any atom is -0.396 e. The normalized spacial score (nSPS) is 27.3. The molecule has 2 aliphatic carbocycles. The first-order valence-electron chi connectivity index (χ1n) is 9.17. The SMILES string of the molecule is Nc1nc(NC2C3CCC(C3)C2CO)c2ccc(-c3ccn[nH]3)cc2n1. The molecule has 7 heteroatoms. The topological polar surface area (TPSA) is 113 Å². The van der Waals surface area contributed by atoms with Crippen molar-refractivity contribution in [2.24, 2.45) is 17.8 Å². The van der Waals surface area contributed by atoms with Gasteiger partial charge < -0.3 is 16.2 Å². The summed E-state index contributed by atoms with van der Waals surface area (Å²) in [6, 6.07) is 8.23. The van der Waals surface area contributed by atoms with Gasteiger partial charge in [0.05, 0.1) is 11.2 Å². The van der Waals surface area contributed by atoms with Crippen LogP contribution in [-0.2, 0) is 0 Å². The fourth-order valence-corrected chi connectivity index (χ4v) is 4.90. The Kier molecular flexibility index (Phi) is 3.56. The van der Waals surface area contributed by atoms with E-state index in [1.807, 2.05) is 24.3 Å². The van der Waals surface area contributed by atoms with Crippen LogP contribution >= 0.6 is 0 Å². The third-order valence-corrected chi connectivity index (χ3v) is 6.13. The zero-order chi connectivity index (χ0) is 17.7. The molecule has 0 saturated heterocycles. The molecule has 2 heterocycles. The Balaban J connectivity index is 1.53. The summed E-state index contributed by atoms with van der Waals surface area (Å²) >= 11 is 0. The predicted molar refractivity (Wildman–Crippen MR) is 100 cm³/mol. The molecule has 2 aromatic heterocycles. The number of H-pyrrole nitrogens is 1. The molecule has 7 nitrogen and oxygen atoms in total. The van der Waals surface area contributed by atoms with Gasteiger partial charge in [-0.15, -0.1) is 0 Å². The molecule has 1 aromatic carbocycles. The number of fused-ring (bicyclic) bond motifs is 3. The number of nitrogens with two attached hydrogens (primary N) is 1. The highest BCUT2D eigenvalue weighted by Gasteiger charge is 2.47. The number of aliphatic hydroxyl groups is 1. The van der Waals surface area contributed by atoms with Crippen LogP contribution < -0.4 is 11.1 Å². The van der Waals surface area contributed by atoms with E-state index in [1.165, 1.54) is 19.3 Å². The Morgan fingerprint density at radius 1 is 1.19 bits per heavy atom. The van der Waals surface area contributed by atoms with Crippen molar-refractivity contribution in [1.29, 1.82) is 0 Å². The van der Waals surface area contributed by atoms with Gasteiger partial charge in [0.15, 0.2) is 0 Å². The van der Waals surface area contributed by atoms with Gasteiger partial charge in [0.2, 0.25) is 5.95 Å². The average molecular weight is 350 g/mol. The second-order valence-electron chi connectivity index (χ2n) is 7.48. The number of aromatic amines is 1. The van der Waals surface area contributed by atoms with Crippen LogP contribution in [0.3, 0.4) is 0 Å². The predicted octanol–water partition coefficient (Wildman–Crippen LogP) is 2.42. The van der Waals surface area contributed by atoms with Gasteiger partial charge >= 0.3 is 0 Å². The van der Waals surface area contributed by atoms with Gasteiger partial charge in [-0.3, -0.25) is 5.10 Å². The molecule has 0 aliphatic heterocycles. The molecule has 0 spiro atoms. The van der Waals surface area contributed by atoms with Gasteiger partial charge in [0.1, 0.15) is 5.82 Å². The molecule has 134 valence electrons. The maximum atomic E-state index is 9.84. The summed E-state index contributed by atoms with van der Waals surface area (Å²) in [5.41, 5.74) is 8.72. The molecule has 3 aromatic rings. The lowest BCUT2D eigenvalue weighted by Crippen LogP contribution is -2.37. The summed E-state index contributed by atoms with van der Waals surface area (Å²) in [6.07, 6.45) is 5.38. The number of nitrogens with zero attached hydrogens (tertiary/aromatic N) is 3. The quantitative estimate of drug-likeness (QED) is 0.575. The molecule has 2 fully saturated rings. The smallest absolute Gasteiger partial charge is 0.222 e. The molecular weight excluding hydrogens is 328 g/mol. The summed E-state index contributed by atoms with van der Waals surface area (Å²) < 4.78 is 0. The Hall–Kier alpha value is -2.67. The van der Waals surface area contributed by atoms with E-state index in [4.69, 9.17) is 5.73 Å². The molecule has 5 N–H and O–H groups in total. The van der Waals surface area contributed by atoms with E-state index in [9.17, 15) is 5.11 Å². The van der Waals surface area contributed by atoms with E-state index in [0.29, 0.717) is 17.8 Å². The second kappa shape index (κ2) is 5.95. The highest BCUT2D eigenvalue weighted by atomic mass is 16.3. The molecule has 4 atom stereocenters. The standard InChI is InChI=1S/C19H22N6O/c20-19-22-16-8-11(15-5-6-21-25-15)3-4-13(16)18(24-19)23-17-12-2-1-10(7-12)14(17)9-26/h3-6,8,10,12,14,17,26H,1-2,7,9H2,(H,21,25)(H3,20,22,23,24). The van der Waals surface area contributed by atoms with Gasteiger partial charge in [-0.1, -0.05) is 6.07 Å². The number of benzene rings is 1. The first-order valence-corrected chi connectivity index (χ1v) is 9.17. The highest BCUT2D eigenvalue weighted by Crippen LogP contribution is 2.49. The fraction of sp³-hybridized carbons (Fsp3) is 0.421. The molecular formula is C19H22N6O. The Bertz CT molecular complexity index is 941. The molecule has 2 saturated carbocycles. The molecule has 5 rings (SSSR count). The number of hydrogen-bond acceptors (Lipinski definition) is 6. The lowest BCUT2D eigenvalue weighted by molar-refractivity contribution is 0.166. The number of anilines is 2. The van der Waals surface area contributed by atoms with E-state index in [1.54, 1.807) is 6.20 Å². The molecule has 2 bridgehead atoms. The Morgan fingerprint density at radius 2 is 2.08 bits per heavy atom. The molecule has 0 amide bonds. The molecule has 4 unspecified atom stereocenters. The maximum Gasteiger partial charge on any atom is 0.222 e. The summed E-state index contributed by atoms with van der Waals surface area (Å²) in [7, 11) is 0. The number of aliphatic hydroxyl groups excluding tert-OH is 1. The van der Waals surface area contributed by atoms with Crippen LogP contribution in [0.4, 0.5) is 11.8 Å². The first kappa shape index (κ1) is 15.6.